The van der Waals surface area contributed by atoms with E-state index in [0.29, 0.717) is 19.2 Å². The minimum Gasteiger partial charge on any atom is -0.491 e. The third-order valence-electron chi connectivity index (χ3n) is 5.02. The summed E-state index contributed by atoms with van der Waals surface area (Å²) in [5, 5.41) is 16.6. The Labute approximate surface area is 159 Å². The number of likely N-dealkylation sites (tertiary alicyclic amines) is 1. The second kappa shape index (κ2) is 11.5. The lowest BCUT2D eigenvalue weighted by Crippen LogP contribution is -2.35. The minimum absolute atomic E-state index is 0.313. The standard InChI is InChI=1S/C21H37N3O2/c1-17(2)23-15-20(25)16-26-21-6-4-19(5-7-21)14-22-11-8-18-9-12-24(3)13-10-18/h4-7,17-18,20,22-23,25H,8-16H2,1-3H3. The zero-order valence-electron chi connectivity index (χ0n) is 16.7. The largest absolute Gasteiger partial charge is 0.491 e. The van der Waals surface area contributed by atoms with E-state index < -0.39 is 6.10 Å². The molecule has 0 saturated carbocycles. The maximum absolute atomic E-state index is 9.88. The number of hydrogen-bond acceptors (Lipinski definition) is 5. The highest BCUT2D eigenvalue weighted by atomic mass is 16.5. The van der Waals surface area contributed by atoms with Crippen LogP contribution in [0, 0.1) is 5.92 Å². The summed E-state index contributed by atoms with van der Waals surface area (Å²) in [5.41, 5.74) is 1.27. The third-order valence-corrected chi connectivity index (χ3v) is 5.02. The quantitative estimate of drug-likeness (QED) is 0.527. The highest BCUT2D eigenvalue weighted by Crippen LogP contribution is 2.19. The van der Waals surface area contributed by atoms with Crippen molar-refractivity contribution in [2.24, 2.45) is 5.92 Å². The summed E-state index contributed by atoms with van der Waals surface area (Å²) in [7, 11) is 2.21. The highest BCUT2D eigenvalue weighted by Gasteiger charge is 2.15. The van der Waals surface area contributed by atoms with Crippen LogP contribution in [-0.4, -0.2) is 62.0 Å². The van der Waals surface area contributed by atoms with E-state index in [4.69, 9.17) is 4.74 Å². The molecule has 1 aliphatic heterocycles. The average Bonchev–Trinajstić information content (AvgIpc) is 2.64. The van der Waals surface area contributed by atoms with E-state index in [1.165, 1.54) is 37.9 Å². The number of rotatable bonds is 11. The van der Waals surface area contributed by atoms with Crippen LogP contribution in [0.4, 0.5) is 0 Å². The predicted molar refractivity (Wildman–Crippen MR) is 108 cm³/mol. The lowest BCUT2D eigenvalue weighted by atomic mass is 9.94. The summed E-state index contributed by atoms with van der Waals surface area (Å²) in [6, 6.07) is 8.52. The molecule has 1 heterocycles. The number of piperidine rings is 1. The first-order valence-electron chi connectivity index (χ1n) is 10.1. The molecule has 148 valence electrons. The Morgan fingerprint density at radius 2 is 1.88 bits per heavy atom. The third kappa shape index (κ3) is 8.49. The molecule has 1 aromatic carbocycles. The smallest absolute Gasteiger partial charge is 0.119 e. The molecule has 26 heavy (non-hydrogen) atoms. The van der Waals surface area contributed by atoms with Crippen LogP contribution in [0.5, 0.6) is 5.75 Å². The molecular formula is C21H37N3O2. The van der Waals surface area contributed by atoms with Crippen molar-refractivity contribution in [2.45, 2.75) is 51.8 Å². The van der Waals surface area contributed by atoms with Crippen LogP contribution in [0.2, 0.25) is 0 Å². The molecule has 5 heteroatoms. The zero-order chi connectivity index (χ0) is 18.8. The van der Waals surface area contributed by atoms with E-state index >= 15 is 0 Å². The van der Waals surface area contributed by atoms with Gasteiger partial charge >= 0.3 is 0 Å². The topological polar surface area (TPSA) is 56.8 Å². The van der Waals surface area contributed by atoms with E-state index in [2.05, 4.69) is 48.6 Å². The van der Waals surface area contributed by atoms with Crippen LogP contribution in [0.1, 0.15) is 38.7 Å². The lowest BCUT2D eigenvalue weighted by Gasteiger charge is -2.28. The maximum atomic E-state index is 9.88. The fraction of sp³-hybridized carbons (Fsp3) is 0.714. The van der Waals surface area contributed by atoms with Crippen LogP contribution in [0.3, 0.4) is 0 Å². The van der Waals surface area contributed by atoms with Gasteiger partial charge in [-0.25, -0.2) is 0 Å². The summed E-state index contributed by atoms with van der Waals surface area (Å²) < 4.78 is 5.65. The molecule has 0 aliphatic carbocycles. The van der Waals surface area contributed by atoms with Gasteiger partial charge in [-0.05, 0) is 69.6 Å². The number of ether oxygens (including phenoxy) is 1. The van der Waals surface area contributed by atoms with Gasteiger partial charge in [0.1, 0.15) is 18.5 Å². The molecule has 5 nitrogen and oxygen atoms in total. The van der Waals surface area contributed by atoms with Gasteiger partial charge in [-0.3, -0.25) is 0 Å². The molecule has 1 saturated heterocycles. The first-order valence-corrected chi connectivity index (χ1v) is 10.1. The molecule has 1 aliphatic rings. The average molecular weight is 364 g/mol. The summed E-state index contributed by atoms with van der Waals surface area (Å²) in [6.07, 6.45) is 3.46. The van der Waals surface area contributed by atoms with E-state index in [-0.39, 0.29) is 0 Å². The number of nitrogens with one attached hydrogen (secondary N) is 2. The monoisotopic (exact) mass is 363 g/mol. The summed E-state index contributed by atoms with van der Waals surface area (Å²) in [6.45, 7) is 9.46. The minimum atomic E-state index is -0.488. The Balaban J connectivity index is 1.58. The van der Waals surface area contributed by atoms with Gasteiger partial charge in [-0.2, -0.15) is 0 Å². The first-order chi connectivity index (χ1) is 12.5. The zero-order valence-corrected chi connectivity index (χ0v) is 16.7. The van der Waals surface area contributed by atoms with Gasteiger partial charge in [0, 0.05) is 19.1 Å². The number of benzene rings is 1. The normalized spacial score (nSPS) is 17.6. The van der Waals surface area contributed by atoms with Crippen LogP contribution >= 0.6 is 0 Å². The Morgan fingerprint density at radius 1 is 1.19 bits per heavy atom. The molecule has 1 unspecified atom stereocenters. The van der Waals surface area contributed by atoms with Gasteiger partial charge in [-0.15, -0.1) is 0 Å². The number of hydrogen-bond donors (Lipinski definition) is 3. The second-order valence-corrected chi connectivity index (χ2v) is 7.88. The Hall–Kier alpha value is -1.14. The fourth-order valence-electron chi connectivity index (χ4n) is 3.22. The molecule has 2 rings (SSSR count). The van der Waals surface area contributed by atoms with Crippen molar-refractivity contribution in [1.29, 1.82) is 0 Å². The van der Waals surface area contributed by atoms with Gasteiger partial charge in [0.05, 0.1) is 0 Å². The first kappa shape index (κ1) is 21.2. The van der Waals surface area contributed by atoms with Gasteiger partial charge < -0.3 is 25.4 Å². The van der Waals surface area contributed by atoms with Gasteiger partial charge in [0.2, 0.25) is 0 Å². The van der Waals surface area contributed by atoms with Crippen LogP contribution in [-0.2, 0) is 6.54 Å². The second-order valence-electron chi connectivity index (χ2n) is 7.88. The molecule has 1 atom stereocenters. The highest BCUT2D eigenvalue weighted by molar-refractivity contribution is 5.27. The van der Waals surface area contributed by atoms with E-state index in [1.807, 2.05) is 12.1 Å². The molecule has 0 spiro atoms. The summed E-state index contributed by atoms with van der Waals surface area (Å²) in [5.74, 6) is 1.69. The number of aliphatic hydroxyl groups excluding tert-OH is 1. The van der Waals surface area contributed by atoms with Crippen molar-refractivity contribution in [3.8, 4) is 5.75 Å². The Morgan fingerprint density at radius 3 is 2.54 bits per heavy atom. The van der Waals surface area contributed by atoms with Crippen molar-refractivity contribution in [3.05, 3.63) is 29.8 Å². The summed E-state index contributed by atoms with van der Waals surface area (Å²) >= 11 is 0. The fourth-order valence-corrected chi connectivity index (χ4v) is 3.22. The Bertz CT molecular complexity index is 485. The molecular weight excluding hydrogens is 326 g/mol. The van der Waals surface area contributed by atoms with Gasteiger partial charge in [-0.1, -0.05) is 26.0 Å². The number of aliphatic hydroxyl groups is 1. The predicted octanol–water partition coefficient (Wildman–Crippen LogP) is 2.25. The van der Waals surface area contributed by atoms with Crippen molar-refractivity contribution in [3.63, 3.8) is 0 Å². The van der Waals surface area contributed by atoms with E-state index in [9.17, 15) is 5.11 Å². The molecule has 0 bridgehead atoms. The van der Waals surface area contributed by atoms with Crippen molar-refractivity contribution in [2.75, 3.05) is 39.8 Å². The molecule has 0 amide bonds. The molecule has 0 radical (unpaired) electrons. The van der Waals surface area contributed by atoms with E-state index in [0.717, 1.165) is 24.8 Å². The lowest BCUT2D eigenvalue weighted by molar-refractivity contribution is 0.104. The Kier molecular flexibility index (Phi) is 9.40. The molecule has 3 N–H and O–H groups in total. The van der Waals surface area contributed by atoms with Crippen LogP contribution in [0.25, 0.3) is 0 Å². The van der Waals surface area contributed by atoms with Crippen LogP contribution in [0.15, 0.2) is 24.3 Å². The van der Waals surface area contributed by atoms with Crippen molar-refractivity contribution in [1.82, 2.24) is 15.5 Å². The molecule has 1 fully saturated rings. The molecule has 0 aromatic heterocycles. The molecule has 1 aromatic rings. The maximum Gasteiger partial charge on any atom is 0.119 e. The van der Waals surface area contributed by atoms with Crippen molar-refractivity contribution < 1.29 is 9.84 Å². The number of nitrogens with zero attached hydrogens (tertiary/aromatic N) is 1. The van der Waals surface area contributed by atoms with Gasteiger partial charge in [0.15, 0.2) is 0 Å². The van der Waals surface area contributed by atoms with Crippen LogP contribution < -0.4 is 15.4 Å². The van der Waals surface area contributed by atoms with Crippen molar-refractivity contribution >= 4 is 0 Å². The van der Waals surface area contributed by atoms with E-state index in [1.54, 1.807) is 0 Å². The SMILES string of the molecule is CC(C)NCC(O)COc1ccc(CNCCC2CCN(C)CC2)cc1. The summed E-state index contributed by atoms with van der Waals surface area (Å²) in [4.78, 5) is 2.42. The van der Waals surface area contributed by atoms with Gasteiger partial charge in [0.25, 0.3) is 0 Å².